The predicted molar refractivity (Wildman–Crippen MR) is 111 cm³/mol. The highest BCUT2D eigenvalue weighted by molar-refractivity contribution is 7.98. The number of aryl methyl sites for hydroxylation is 1. The average molecular weight is 403 g/mol. The lowest BCUT2D eigenvalue weighted by atomic mass is 10.1. The van der Waals surface area contributed by atoms with Crippen molar-refractivity contribution in [3.8, 4) is 5.75 Å². The SMILES string of the molecule is CCNSNc1cc(CN2CC(Oc3ccc(C(=O)NC)nc3C)C2)ccn1. The Hall–Kier alpha value is -2.36. The average Bonchev–Trinajstić information content (AvgIpc) is 2.67. The van der Waals surface area contributed by atoms with Crippen molar-refractivity contribution in [2.45, 2.75) is 26.5 Å². The van der Waals surface area contributed by atoms with E-state index in [1.54, 1.807) is 13.1 Å². The highest BCUT2D eigenvalue weighted by Crippen LogP contribution is 2.23. The molecule has 1 fully saturated rings. The Balaban J connectivity index is 1.47. The third-order valence-electron chi connectivity index (χ3n) is 4.32. The molecule has 0 radical (unpaired) electrons. The van der Waals surface area contributed by atoms with E-state index in [-0.39, 0.29) is 12.0 Å². The number of hydrogen-bond acceptors (Lipinski definition) is 8. The van der Waals surface area contributed by atoms with E-state index in [0.29, 0.717) is 5.69 Å². The number of rotatable bonds is 9. The second-order valence-electron chi connectivity index (χ2n) is 6.54. The second kappa shape index (κ2) is 9.72. The summed E-state index contributed by atoms with van der Waals surface area (Å²) < 4.78 is 12.3. The molecule has 3 N–H and O–H groups in total. The maximum Gasteiger partial charge on any atom is 0.269 e. The monoisotopic (exact) mass is 402 g/mol. The first-order chi connectivity index (χ1) is 13.6. The fourth-order valence-corrected chi connectivity index (χ4v) is 3.31. The van der Waals surface area contributed by atoms with Crippen molar-refractivity contribution in [2.24, 2.45) is 0 Å². The molecule has 2 aromatic rings. The fourth-order valence-electron chi connectivity index (χ4n) is 2.88. The van der Waals surface area contributed by atoms with Gasteiger partial charge in [0.05, 0.1) is 5.69 Å². The number of pyridine rings is 2. The Kier molecular flexibility index (Phi) is 7.07. The van der Waals surface area contributed by atoms with Crippen LogP contribution in [0.2, 0.25) is 0 Å². The van der Waals surface area contributed by atoms with Crippen LogP contribution in [0.15, 0.2) is 30.5 Å². The summed E-state index contributed by atoms with van der Waals surface area (Å²) in [7, 11) is 1.59. The summed E-state index contributed by atoms with van der Waals surface area (Å²) in [6, 6.07) is 7.60. The number of carbonyl (C=O) groups excluding carboxylic acids is 1. The predicted octanol–water partition coefficient (Wildman–Crippen LogP) is 1.99. The van der Waals surface area contributed by atoms with Crippen LogP contribution in [0, 0.1) is 6.92 Å². The van der Waals surface area contributed by atoms with Gasteiger partial charge >= 0.3 is 0 Å². The first-order valence-corrected chi connectivity index (χ1v) is 10.1. The van der Waals surface area contributed by atoms with Gasteiger partial charge in [0.1, 0.15) is 23.4 Å². The molecule has 28 heavy (non-hydrogen) atoms. The number of likely N-dealkylation sites (tertiary alicyclic amines) is 1. The van der Waals surface area contributed by atoms with Crippen molar-refractivity contribution < 1.29 is 9.53 Å². The van der Waals surface area contributed by atoms with E-state index in [0.717, 1.165) is 43.4 Å². The maximum atomic E-state index is 11.6. The van der Waals surface area contributed by atoms with Crippen molar-refractivity contribution in [3.05, 3.63) is 47.4 Å². The topological polar surface area (TPSA) is 91.4 Å². The van der Waals surface area contributed by atoms with Crippen LogP contribution in [-0.4, -0.2) is 53.6 Å². The van der Waals surface area contributed by atoms with Crippen LogP contribution < -0.4 is 19.5 Å². The van der Waals surface area contributed by atoms with Crippen LogP contribution >= 0.6 is 12.1 Å². The third-order valence-corrected chi connectivity index (χ3v) is 5.06. The normalized spacial score (nSPS) is 14.4. The van der Waals surface area contributed by atoms with E-state index in [1.165, 1.54) is 17.7 Å². The van der Waals surface area contributed by atoms with Gasteiger partial charge in [-0.1, -0.05) is 6.92 Å². The van der Waals surface area contributed by atoms with Gasteiger partial charge in [0.15, 0.2) is 0 Å². The molecule has 2 aromatic heterocycles. The Morgan fingerprint density at radius 2 is 2.18 bits per heavy atom. The summed E-state index contributed by atoms with van der Waals surface area (Å²) in [4.78, 5) is 22.6. The van der Waals surface area contributed by atoms with Crippen molar-refractivity contribution in [1.82, 2.24) is 24.9 Å². The number of ether oxygens (including phenoxy) is 1. The number of hydrogen-bond donors (Lipinski definition) is 3. The van der Waals surface area contributed by atoms with Crippen molar-refractivity contribution in [3.63, 3.8) is 0 Å². The lowest BCUT2D eigenvalue weighted by molar-refractivity contribution is 0.0139. The Labute approximate surface area is 169 Å². The minimum atomic E-state index is -0.195. The minimum Gasteiger partial charge on any atom is -0.486 e. The van der Waals surface area contributed by atoms with E-state index in [1.807, 2.05) is 25.3 Å². The molecule has 0 unspecified atom stereocenters. The first kappa shape index (κ1) is 20.4. The molecule has 0 aliphatic carbocycles. The Bertz CT molecular complexity index is 813. The van der Waals surface area contributed by atoms with E-state index in [9.17, 15) is 4.79 Å². The number of aromatic nitrogens is 2. The van der Waals surface area contributed by atoms with Crippen LogP contribution in [0.3, 0.4) is 0 Å². The lowest BCUT2D eigenvalue weighted by Gasteiger charge is -2.39. The number of carbonyl (C=O) groups is 1. The van der Waals surface area contributed by atoms with Gasteiger partial charge < -0.3 is 14.8 Å². The molecule has 3 rings (SSSR count). The quantitative estimate of drug-likeness (QED) is 0.433. The molecular formula is C19H26N6O2S. The van der Waals surface area contributed by atoms with Gasteiger partial charge in [-0.15, -0.1) is 0 Å². The van der Waals surface area contributed by atoms with E-state index in [2.05, 4.69) is 42.6 Å². The van der Waals surface area contributed by atoms with E-state index < -0.39 is 0 Å². The summed E-state index contributed by atoms with van der Waals surface area (Å²) >= 11 is 1.43. The van der Waals surface area contributed by atoms with Gasteiger partial charge in [-0.2, -0.15) is 0 Å². The summed E-state index contributed by atoms with van der Waals surface area (Å²) in [5.74, 6) is 1.38. The van der Waals surface area contributed by atoms with Gasteiger partial charge in [-0.05, 0) is 36.8 Å². The standard InChI is InChI=1S/C19H26N6O2S/c1-4-22-28-24-18-9-14(7-8-21-18)10-25-11-15(12-25)27-17-6-5-16(19(26)20-3)23-13(17)2/h5-9,15,22H,4,10-12H2,1-3H3,(H,20,26)(H,21,24). The van der Waals surface area contributed by atoms with Crippen LogP contribution in [-0.2, 0) is 6.54 Å². The minimum absolute atomic E-state index is 0.134. The molecule has 1 saturated heterocycles. The van der Waals surface area contributed by atoms with Crippen LogP contribution in [0.25, 0.3) is 0 Å². The number of nitrogens with one attached hydrogen (secondary N) is 3. The molecule has 150 valence electrons. The molecule has 0 spiro atoms. The molecule has 1 aliphatic heterocycles. The van der Waals surface area contributed by atoms with E-state index in [4.69, 9.17) is 4.74 Å². The van der Waals surface area contributed by atoms with Gasteiger partial charge in [0.2, 0.25) is 0 Å². The van der Waals surface area contributed by atoms with E-state index >= 15 is 0 Å². The molecule has 0 aromatic carbocycles. The van der Waals surface area contributed by atoms with Crippen LogP contribution in [0.4, 0.5) is 5.82 Å². The zero-order chi connectivity index (χ0) is 19.9. The Morgan fingerprint density at radius 3 is 2.89 bits per heavy atom. The van der Waals surface area contributed by atoms with Crippen LogP contribution in [0.5, 0.6) is 5.75 Å². The highest BCUT2D eigenvalue weighted by atomic mass is 32.2. The third kappa shape index (κ3) is 5.34. The smallest absolute Gasteiger partial charge is 0.269 e. The Morgan fingerprint density at radius 1 is 1.36 bits per heavy atom. The summed E-state index contributed by atoms with van der Waals surface area (Å²) in [6.45, 7) is 7.36. The summed E-state index contributed by atoms with van der Waals surface area (Å²) in [5.41, 5.74) is 2.33. The van der Waals surface area contributed by atoms with Crippen molar-refractivity contribution in [2.75, 3.05) is 31.4 Å². The van der Waals surface area contributed by atoms with Crippen molar-refractivity contribution in [1.29, 1.82) is 0 Å². The molecule has 0 bridgehead atoms. The fraction of sp³-hybridized carbons (Fsp3) is 0.421. The highest BCUT2D eigenvalue weighted by Gasteiger charge is 2.29. The van der Waals surface area contributed by atoms with Gasteiger partial charge in [-0.3, -0.25) is 9.69 Å². The molecule has 1 aliphatic rings. The number of anilines is 1. The lowest BCUT2D eigenvalue weighted by Crippen LogP contribution is -2.53. The largest absolute Gasteiger partial charge is 0.486 e. The van der Waals surface area contributed by atoms with Crippen LogP contribution in [0.1, 0.15) is 28.7 Å². The first-order valence-electron chi connectivity index (χ1n) is 9.27. The van der Waals surface area contributed by atoms with Crippen molar-refractivity contribution >= 4 is 23.9 Å². The maximum absolute atomic E-state index is 11.6. The van der Waals surface area contributed by atoms with Gasteiger partial charge in [0.25, 0.3) is 5.91 Å². The zero-order valence-electron chi connectivity index (χ0n) is 16.4. The molecule has 0 atom stereocenters. The zero-order valence-corrected chi connectivity index (χ0v) is 17.2. The molecule has 9 heteroatoms. The summed E-state index contributed by atoms with van der Waals surface area (Å²) in [6.07, 6.45) is 1.95. The molecule has 1 amide bonds. The van der Waals surface area contributed by atoms with Gasteiger partial charge in [0, 0.05) is 51.6 Å². The molecule has 8 nitrogen and oxygen atoms in total. The number of amides is 1. The van der Waals surface area contributed by atoms with Gasteiger partial charge in [-0.25, -0.2) is 14.7 Å². The number of nitrogens with zero attached hydrogens (tertiary/aromatic N) is 3. The molecule has 0 saturated carbocycles. The molecular weight excluding hydrogens is 376 g/mol. The second-order valence-corrected chi connectivity index (χ2v) is 7.24. The summed E-state index contributed by atoms with van der Waals surface area (Å²) in [5, 5.41) is 2.58. The molecule has 3 heterocycles.